The minimum atomic E-state index is -3.82. The minimum absolute atomic E-state index is 0.0937. The summed E-state index contributed by atoms with van der Waals surface area (Å²) in [5, 5.41) is 2.45. The van der Waals surface area contributed by atoms with Crippen LogP contribution in [0, 0.1) is 5.82 Å². The zero-order valence-electron chi connectivity index (χ0n) is 14.9. The van der Waals surface area contributed by atoms with Gasteiger partial charge < -0.3 is 16.0 Å². The maximum absolute atomic E-state index is 13.3. The predicted molar refractivity (Wildman–Crippen MR) is 101 cm³/mol. The van der Waals surface area contributed by atoms with Crippen LogP contribution < -0.4 is 11.1 Å². The molecule has 0 saturated carbocycles. The monoisotopic (exact) mass is 418 g/mol. The van der Waals surface area contributed by atoms with Gasteiger partial charge in [-0.05, 0) is 36.6 Å². The van der Waals surface area contributed by atoms with Crippen LogP contribution in [0.15, 0.2) is 29.2 Å². The normalized spacial score (nSPS) is 16.7. The van der Waals surface area contributed by atoms with Crippen LogP contribution in [-0.4, -0.2) is 73.8 Å². The van der Waals surface area contributed by atoms with Crippen LogP contribution in [0.2, 0.25) is 0 Å². The lowest BCUT2D eigenvalue weighted by atomic mass is 10.2. The van der Waals surface area contributed by atoms with Crippen LogP contribution in [0.4, 0.5) is 9.18 Å². The second kappa shape index (κ2) is 9.38. The Labute approximate surface area is 162 Å². The molecule has 1 aromatic rings. The third-order valence-electron chi connectivity index (χ3n) is 4.21. The first kappa shape index (κ1) is 21.5. The summed E-state index contributed by atoms with van der Waals surface area (Å²) in [5.41, 5.74) is 5.14. The fourth-order valence-electron chi connectivity index (χ4n) is 2.81. The van der Waals surface area contributed by atoms with Crippen LogP contribution >= 0.6 is 11.8 Å². The highest BCUT2D eigenvalue weighted by Crippen LogP contribution is 2.19. The summed E-state index contributed by atoms with van der Waals surface area (Å²) in [5.74, 6) is -0.241. The molecule has 1 fully saturated rings. The largest absolute Gasteiger partial charge is 0.352 e. The Morgan fingerprint density at radius 1 is 1.30 bits per heavy atom. The fourth-order valence-corrected chi connectivity index (χ4v) is 4.74. The number of nitrogens with one attached hydrogen (secondary N) is 1. The van der Waals surface area contributed by atoms with Gasteiger partial charge in [-0.15, -0.1) is 0 Å². The van der Waals surface area contributed by atoms with Crippen molar-refractivity contribution in [1.29, 1.82) is 0 Å². The molecule has 1 heterocycles. The average molecular weight is 419 g/mol. The topological polar surface area (TPSA) is 113 Å². The number of sulfonamides is 1. The number of nitrogens with two attached hydrogens (primary N) is 1. The van der Waals surface area contributed by atoms with Crippen molar-refractivity contribution in [1.82, 2.24) is 14.5 Å². The first-order valence-electron chi connectivity index (χ1n) is 8.35. The maximum Gasteiger partial charge on any atom is 0.312 e. The van der Waals surface area contributed by atoms with Gasteiger partial charge in [0.2, 0.25) is 15.9 Å². The molecule has 0 aliphatic carbocycles. The molecule has 0 radical (unpaired) electrons. The van der Waals surface area contributed by atoms with Gasteiger partial charge in [0.05, 0.1) is 4.90 Å². The van der Waals surface area contributed by atoms with Crippen molar-refractivity contribution in [3.8, 4) is 0 Å². The van der Waals surface area contributed by atoms with Gasteiger partial charge in [-0.1, -0.05) is 6.07 Å². The van der Waals surface area contributed by atoms with E-state index in [0.717, 1.165) is 6.07 Å². The number of piperazine rings is 1. The van der Waals surface area contributed by atoms with E-state index in [-0.39, 0.29) is 37.0 Å². The standard InChI is InChI=1S/C16H23FN4O4S2/c1-26-10-5-14(19-16(18)23)15(22)20-6-8-21(9-7-20)27(24,25)13-4-2-3-12(17)11-13/h2-4,11,14H,5-10H2,1H3,(H3,18,19,23). The van der Waals surface area contributed by atoms with Crippen molar-refractivity contribution in [3.05, 3.63) is 30.1 Å². The lowest BCUT2D eigenvalue weighted by Crippen LogP contribution is -2.56. The molecule has 3 amide bonds. The molecule has 150 valence electrons. The van der Waals surface area contributed by atoms with Crippen molar-refractivity contribution >= 4 is 33.7 Å². The Bertz CT molecular complexity index is 782. The van der Waals surface area contributed by atoms with E-state index >= 15 is 0 Å². The molecule has 1 aromatic carbocycles. The molecular formula is C16H23FN4O4S2. The molecule has 1 saturated heterocycles. The molecule has 0 bridgehead atoms. The van der Waals surface area contributed by atoms with E-state index in [1.807, 2.05) is 6.26 Å². The molecule has 2 rings (SSSR count). The van der Waals surface area contributed by atoms with Gasteiger partial charge in [0.15, 0.2) is 0 Å². The van der Waals surface area contributed by atoms with Crippen molar-refractivity contribution in [2.75, 3.05) is 38.2 Å². The van der Waals surface area contributed by atoms with Crippen molar-refractivity contribution in [3.63, 3.8) is 0 Å². The summed E-state index contributed by atoms with van der Waals surface area (Å²) >= 11 is 1.54. The Balaban J connectivity index is 2.02. The van der Waals surface area contributed by atoms with E-state index in [1.54, 1.807) is 11.8 Å². The Hall–Kier alpha value is -1.85. The number of rotatable bonds is 7. The third kappa shape index (κ3) is 5.56. The second-order valence-electron chi connectivity index (χ2n) is 6.03. The van der Waals surface area contributed by atoms with Crippen LogP contribution in [-0.2, 0) is 14.8 Å². The molecule has 1 atom stereocenters. The summed E-state index contributed by atoms with van der Waals surface area (Å²) in [6.45, 7) is 0.556. The van der Waals surface area contributed by atoms with Crippen LogP contribution in [0.5, 0.6) is 0 Å². The number of carbonyl (C=O) groups is 2. The summed E-state index contributed by atoms with van der Waals surface area (Å²) in [6, 6.07) is 3.32. The number of amides is 3. The van der Waals surface area contributed by atoms with E-state index in [2.05, 4.69) is 5.32 Å². The van der Waals surface area contributed by atoms with Gasteiger partial charge in [-0.25, -0.2) is 17.6 Å². The molecule has 8 nitrogen and oxygen atoms in total. The third-order valence-corrected chi connectivity index (χ3v) is 6.75. The van der Waals surface area contributed by atoms with E-state index in [1.165, 1.54) is 27.4 Å². The van der Waals surface area contributed by atoms with E-state index < -0.39 is 27.9 Å². The molecule has 1 unspecified atom stereocenters. The summed E-state index contributed by atoms with van der Waals surface area (Å²) < 4.78 is 39.8. The SMILES string of the molecule is CSCCC(NC(N)=O)C(=O)N1CCN(S(=O)(=O)c2cccc(F)c2)CC1. The molecular weight excluding hydrogens is 395 g/mol. The number of nitrogens with zero attached hydrogens (tertiary/aromatic N) is 2. The Morgan fingerprint density at radius 3 is 2.52 bits per heavy atom. The number of thioether (sulfide) groups is 1. The molecule has 3 N–H and O–H groups in total. The van der Waals surface area contributed by atoms with Gasteiger partial charge in [0, 0.05) is 26.2 Å². The lowest BCUT2D eigenvalue weighted by molar-refractivity contribution is -0.134. The van der Waals surface area contributed by atoms with Gasteiger partial charge in [0.1, 0.15) is 11.9 Å². The number of carbonyl (C=O) groups excluding carboxylic acids is 2. The maximum atomic E-state index is 13.3. The van der Waals surface area contributed by atoms with Crippen LogP contribution in [0.3, 0.4) is 0 Å². The van der Waals surface area contributed by atoms with E-state index in [4.69, 9.17) is 5.73 Å². The zero-order chi connectivity index (χ0) is 20.0. The van der Waals surface area contributed by atoms with Crippen molar-refractivity contribution < 1.29 is 22.4 Å². The smallest absolute Gasteiger partial charge is 0.312 e. The van der Waals surface area contributed by atoms with Gasteiger partial charge in [-0.2, -0.15) is 16.1 Å². The molecule has 11 heteroatoms. The number of primary amides is 1. The van der Waals surface area contributed by atoms with Crippen LogP contribution in [0.1, 0.15) is 6.42 Å². The highest BCUT2D eigenvalue weighted by Gasteiger charge is 2.32. The molecule has 27 heavy (non-hydrogen) atoms. The number of halogens is 1. The highest BCUT2D eigenvalue weighted by molar-refractivity contribution is 7.98. The van der Waals surface area contributed by atoms with Crippen LogP contribution in [0.25, 0.3) is 0 Å². The van der Waals surface area contributed by atoms with E-state index in [0.29, 0.717) is 12.2 Å². The zero-order valence-corrected chi connectivity index (χ0v) is 16.6. The number of hydrogen-bond acceptors (Lipinski definition) is 5. The van der Waals surface area contributed by atoms with Gasteiger partial charge >= 0.3 is 6.03 Å². The quantitative estimate of drug-likeness (QED) is 0.668. The van der Waals surface area contributed by atoms with Crippen molar-refractivity contribution in [2.45, 2.75) is 17.4 Å². The first-order valence-corrected chi connectivity index (χ1v) is 11.2. The minimum Gasteiger partial charge on any atom is -0.352 e. The fraction of sp³-hybridized carbons (Fsp3) is 0.500. The van der Waals surface area contributed by atoms with Gasteiger partial charge in [-0.3, -0.25) is 4.79 Å². The predicted octanol–water partition coefficient (Wildman–Crippen LogP) is 0.449. The van der Waals surface area contributed by atoms with E-state index in [9.17, 15) is 22.4 Å². The molecule has 0 spiro atoms. The Morgan fingerprint density at radius 2 is 1.96 bits per heavy atom. The molecule has 0 aromatic heterocycles. The number of benzene rings is 1. The second-order valence-corrected chi connectivity index (χ2v) is 8.95. The number of urea groups is 1. The molecule has 1 aliphatic heterocycles. The summed E-state index contributed by atoms with van der Waals surface area (Å²) in [6.07, 6.45) is 2.33. The average Bonchev–Trinajstić information content (AvgIpc) is 2.64. The summed E-state index contributed by atoms with van der Waals surface area (Å²) in [4.78, 5) is 25.2. The van der Waals surface area contributed by atoms with Crippen molar-refractivity contribution in [2.24, 2.45) is 5.73 Å². The highest BCUT2D eigenvalue weighted by atomic mass is 32.2. The van der Waals surface area contributed by atoms with Gasteiger partial charge in [0.25, 0.3) is 0 Å². The Kier molecular flexibility index (Phi) is 7.45. The number of hydrogen-bond donors (Lipinski definition) is 2. The first-order chi connectivity index (χ1) is 12.8. The lowest BCUT2D eigenvalue weighted by Gasteiger charge is -2.35. The molecule has 1 aliphatic rings. The summed E-state index contributed by atoms with van der Waals surface area (Å²) in [7, 11) is -3.82.